The Morgan fingerprint density at radius 1 is 1.19 bits per heavy atom. The number of carboxylic acid groups (broad SMARTS) is 1. The van der Waals surface area contributed by atoms with Gasteiger partial charge in [0.25, 0.3) is 0 Å². The molecule has 1 heterocycles. The molecule has 0 unspecified atom stereocenters. The van der Waals surface area contributed by atoms with E-state index in [0.717, 1.165) is 0 Å². The molecule has 0 aliphatic carbocycles. The van der Waals surface area contributed by atoms with E-state index in [2.05, 4.69) is 5.32 Å². The minimum absolute atomic E-state index is 0.0651. The number of hydrogen-bond donors (Lipinski definition) is 3. The smallest absolute Gasteiger partial charge is 0.408 e. The van der Waals surface area contributed by atoms with Crippen molar-refractivity contribution in [2.45, 2.75) is 58.5 Å². The molecule has 0 radical (unpaired) electrons. The van der Waals surface area contributed by atoms with Crippen molar-refractivity contribution < 1.29 is 37.4 Å². The highest BCUT2D eigenvalue weighted by atomic mass is 19.4. The molecule has 176 valence electrons. The van der Waals surface area contributed by atoms with Gasteiger partial charge < -0.3 is 14.6 Å². The van der Waals surface area contributed by atoms with Crippen LogP contribution >= 0.6 is 0 Å². The highest BCUT2D eigenvalue weighted by Gasteiger charge is 2.25. The van der Waals surface area contributed by atoms with Crippen molar-refractivity contribution in [1.82, 2.24) is 5.32 Å². The molecule has 0 bridgehead atoms. The molecule has 1 rings (SSSR count). The molecule has 0 aliphatic rings. The number of carbonyl (C=O) groups is 2. The summed E-state index contributed by atoms with van der Waals surface area (Å²) < 4.78 is 41.7. The zero-order chi connectivity index (χ0) is 24.3. The van der Waals surface area contributed by atoms with Crippen LogP contribution in [0.25, 0.3) is 0 Å². The summed E-state index contributed by atoms with van der Waals surface area (Å²) in [5.41, 5.74) is -0.755. The third-order valence-corrected chi connectivity index (χ3v) is 4.33. The minimum atomic E-state index is -4.21. The molecule has 1 aromatic heterocycles. The van der Waals surface area contributed by atoms with Crippen LogP contribution in [0.1, 0.15) is 62.1 Å². The van der Waals surface area contributed by atoms with Crippen LogP contribution in [0.4, 0.5) is 18.0 Å². The summed E-state index contributed by atoms with van der Waals surface area (Å²) in [7, 11) is 0. The summed E-state index contributed by atoms with van der Waals surface area (Å²) in [4.78, 5) is 35.0. The van der Waals surface area contributed by atoms with Gasteiger partial charge in [0, 0.05) is 25.1 Å². The van der Waals surface area contributed by atoms with Gasteiger partial charge in [-0.2, -0.15) is 13.2 Å². The molecule has 0 fully saturated rings. The molecule has 0 saturated carbocycles. The highest BCUT2D eigenvalue weighted by Crippen LogP contribution is 2.24. The van der Waals surface area contributed by atoms with Gasteiger partial charge in [0.05, 0.1) is 0 Å². The van der Waals surface area contributed by atoms with E-state index in [9.17, 15) is 32.7 Å². The van der Waals surface area contributed by atoms with Crippen molar-refractivity contribution in [3.8, 4) is 5.75 Å². The summed E-state index contributed by atoms with van der Waals surface area (Å²) >= 11 is 0. The van der Waals surface area contributed by atoms with Crippen LogP contribution in [0.2, 0.25) is 0 Å². The van der Waals surface area contributed by atoms with E-state index in [1.54, 1.807) is 13.0 Å². The lowest BCUT2D eigenvalue weighted by molar-refractivity contribution is -0.135. The van der Waals surface area contributed by atoms with Gasteiger partial charge in [-0.1, -0.05) is 23.8 Å². The van der Waals surface area contributed by atoms with E-state index in [1.165, 1.54) is 31.3 Å². The molecule has 0 aromatic carbocycles. The van der Waals surface area contributed by atoms with Crippen molar-refractivity contribution in [2.75, 3.05) is 0 Å². The van der Waals surface area contributed by atoms with Crippen LogP contribution in [-0.4, -0.2) is 28.3 Å². The molecule has 3 N–H and O–H groups in total. The normalized spacial score (nSPS) is 12.9. The van der Waals surface area contributed by atoms with Gasteiger partial charge in [0.15, 0.2) is 5.78 Å². The SMILES string of the molecule is CC(=CC=C(C)C(=O)c1c(O)cc(CCCC=CNC(=O)O)oc1=O)CCCC(F)(F)F. The topological polar surface area (TPSA) is 117 Å². The summed E-state index contributed by atoms with van der Waals surface area (Å²) in [6, 6.07) is 1.18. The minimum Gasteiger partial charge on any atom is -0.507 e. The van der Waals surface area contributed by atoms with E-state index in [4.69, 9.17) is 9.52 Å². The number of nitrogens with one attached hydrogen (secondary N) is 1. The first-order valence-corrected chi connectivity index (χ1v) is 9.86. The first kappa shape index (κ1) is 26.7. The molecule has 0 aliphatic heterocycles. The third kappa shape index (κ3) is 10.1. The Bertz CT molecular complexity index is 957. The van der Waals surface area contributed by atoms with Gasteiger partial charge in [-0.15, -0.1) is 0 Å². The monoisotopic (exact) mass is 457 g/mol. The largest absolute Gasteiger partial charge is 0.507 e. The lowest BCUT2D eigenvalue weighted by atomic mass is 10.0. The third-order valence-electron chi connectivity index (χ3n) is 4.33. The molecule has 7 nitrogen and oxygen atoms in total. The molecular weight excluding hydrogens is 431 g/mol. The Kier molecular flexibility index (Phi) is 10.5. The maximum Gasteiger partial charge on any atom is 0.408 e. The second-order valence-corrected chi connectivity index (χ2v) is 7.17. The number of unbranched alkanes of at least 4 members (excludes halogenated alkanes) is 1. The summed E-state index contributed by atoms with van der Waals surface area (Å²) in [6.07, 6.45) is 0.857. The van der Waals surface area contributed by atoms with Crippen LogP contribution < -0.4 is 10.9 Å². The lowest BCUT2D eigenvalue weighted by Gasteiger charge is -2.06. The van der Waals surface area contributed by atoms with Gasteiger partial charge >= 0.3 is 17.9 Å². The quantitative estimate of drug-likeness (QED) is 0.181. The van der Waals surface area contributed by atoms with E-state index in [1.807, 2.05) is 0 Å². The maximum atomic E-state index is 12.5. The standard InChI is InChI=1S/C22H26F3NO6/c1-14(7-6-11-22(23,24)25)9-10-15(2)19(28)18-17(27)13-16(32-20(18)29)8-4-3-5-12-26-21(30)31/h5,9-10,12-13,26-27H,3-4,6-8,11H2,1-2H3,(H,30,31). The van der Waals surface area contributed by atoms with Crippen LogP contribution in [0.5, 0.6) is 5.75 Å². The number of rotatable bonds is 11. The van der Waals surface area contributed by atoms with E-state index in [-0.39, 0.29) is 30.6 Å². The number of aromatic hydroxyl groups is 1. The number of amides is 1. The van der Waals surface area contributed by atoms with Crippen LogP contribution in [-0.2, 0) is 6.42 Å². The van der Waals surface area contributed by atoms with Crippen LogP contribution in [0.3, 0.4) is 0 Å². The maximum absolute atomic E-state index is 12.5. The fourth-order valence-electron chi connectivity index (χ4n) is 2.66. The molecule has 0 saturated heterocycles. The van der Waals surface area contributed by atoms with E-state index < -0.39 is 41.4 Å². The predicted molar refractivity (Wildman–Crippen MR) is 112 cm³/mol. The number of hydrogen-bond acceptors (Lipinski definition) is 5. The molecule has 0 spiro atoms. The number of aryl methyl sites for hydroxylation is 1. The second-order valence-electron chi connectivity index (χ2n) is 7.17. The molecule has 1 aromatic rings. The Labute approximate surface area is 182 Å². The van der Waals surface area contributed by atoms with E-state index in [0.29, 0.717) is 18.4 Å². The zero-order valence-corrected chi connectivity index (χ0v) is 17.8. The van der Waals surface area contributed by atoms with Crippen LogP contribution in [0, 0.1) is 0 Å². The van der Waals surface area contributed by atoms with Crippen LogP contribution in [0.15, 0.2) is 50.9 Å². The number of halogens is 3. The fourth-order valence-corrected chi connectivity index (χ4v) is 2.66. The summed E-state index contributed by atoms with van der Waals surface area (Å²) in [6.45, 7) is 3.06. The van der Waals surface area contributed by atoms with Gasteiger partial charge in [-0.25, -0.2) is 9.59 Å². The Balaban J connectivity index is 2.77. The average Bonchev–Trinajstić information content (AvgIpc) is 2.66. The Morgan fingerprint density at radius 2 is 1.88 bits per heavy atom. The van der Waals surface area contributed by atoms with Crippen molar-refractivity contribution in [3.05, 3.63) is 63.4 Å². The summed E-state index contributed by atoms with van der Waals surface area (Å²) in [5.74, 6) is -1.10. The first-order valence-electron chi connectivity index (χ1n) is 9.86. The number of carbonyl (C=O) groups excluding carboxylic acids is 1. The van der Waals surface area contributed by atoms with Crippen molar-refractivity contribution in [1.29, 1.82) is 0 Å². The predicted octanol–water partition coefficient (Wildman–Crippen LogP) is 5.26. The van der Waals surface area contributed by atoms with Gasteiger partial charge in [-0.3, -0.25) is 10.1 Å². The van der Waals surface area contributed by atoms with E-state index >= 15 is 0 Å². The zero-order valence-electron chi connectivity index (χ0n) is 17.8. The van der Waals surface area contributed by atoms with Crippen molar-refractivity contribution in [3.63, 3.8) is 0 Å². The van der Waals surface area contributed by atoms with Gasteiger partial charge in [-0.05, 0) is 45.1 Å². The number of ketones is 1. The fraction of sp³-hybridized carbons (Fsp3) is 0.409. The van der Waals surface area contributed by atoms with Gasteiger partial charge in [0.2, 0.25) is 0 Å². The number of allylic oxidation sites excluding steroid dienone is 5. The Morgan fingerprint density at radius 3 is 2.47 bits per heavy atom. The first-order chi connectivity index (χ1) is 14.9. The van der Waals surface area contributed by atoms with Gasteiger partial charge in [0.1, 0.15) is 17.1 Å². The molecule has 1 amide bonds. The second kappa shape index (κ2) is 12.5. The summed E-state index contributed by atoms with van der Waals surface area (Å²) in [5, 5.41) is 20.6. The highest BCUT2D eigenvalue weighted by molar-refractivity contribution is 6.09. The number of Topliss-reactive ketones (excluding diaryl/α,β-unsaturated/α-hetero) is 1. The average molecular weight is 457 g/mol. The number of alkyl halides is 3. The van der Waals surface area contributed by atoms with Crippen molar-refractivity contribution >= 4 is 11.9 Å². The Hall–Kier alpha value is -3.30. The molecule has 0 atom stereocenters. The lowest BCUT2D eigenvalue weighted by Crippen LogP contribution is -2.16. The molecule has 10 heteroatoms. The molecular formula is C22H26F3NO6. The molecule has 32 heavy (non-hydrogen) atoms. The van der Waals surface area contributed by atoms with Crippen molar-refractivity contribution in [2.24, 2.45) is 0 Å².